The minimum absolute atomic E-state index is 0.00752. The van der Waals surface area contributed by atoms with Crippen LogP contribution < -0.4 is 14.9 Å². The van der Waals surface area contributed by atoms with Crippen molar-refractivity contribution in [1.82, 2.24) is 0 Å². The molecule has 1 aromatic heterocycles. The lowest BCUT2D eigenvalue weighted by Gasteiger charge is -2.16. The van der Waals surface area contributed by atoms with Crippen LogP contribution in [0.5, 0.6) is 23.0 Å². The number of phenols is 2. The van der Waals surface area contributed by atoms with E-state index in [1.165, 1.54) is 13.2 Å². The average Bonchev–Trinajstić information content (AvgIpc) is 2.83. The lowest BCUT2D eigenvalue weighted by atomic mass is 9.95. The Morgan fingerprint density at radius 3 is 2.32 bits per heavy atom. The normalized spacial score (nSPS) is 10.8. The number of fused-ring (bicyclic) bond motifs is 1. The fraction of sp³-hybridized carbons (Fsp3) is 0.179. The van der Waals surface area contributed by atoms with Gasteiger partial charge in [-0.3, -0.25) is 4.79 Å². The summed E-state index contributed by atoms with van der Waals surface area (Å²) >= 11 is 0. The van der Waals surface area contributed by atoms with E-state index < -0.39 is 5.43 Å². The van der Waals surface area contributed by atoms with Crippen LogP contribution in [0.3, 0.4) is 0 Å². The molecule has 0 bridgehead atoms. The Balaban J connectivity index is 2.15. The van der Waals surface area contributed by atoms with Gasteiger partial charge in [-0.2, -0.15) is 0 Å². The van der Waals surface area contributed by atoms with Crippen molar-refractivity contribution in [2.75, 3.05) is 14.2 Å². The highest BCUT2D eigenvalue weighted by Crippen LogP contribution is 2.41. The maximum Gasteiger partial charge on any atom is 0.205 e. The molecule has 0 spiro atoms. The maximum atomic E-state index is 13.9. The molecule has 0 saturated heterocycles. The number of hydrogen-bond acceptors (Lipinski definition) is 6. The summed E-state index contributed by atoms with van der Waals surface area (Å²) in [5.74, 6) is 0.960. The number of aromatic hydroxyl groups is 2. The first-order valence-electron chi connectivity index (χ1n) is 10.8. The Kier molecular flexibility index (Phi) is 6.32. The number of para-hydroxylation sites is 1. The van der Waals surface area contributed by atoms with Gasteiger partial charge in [-0.05, 0) is 50.6 Å². The highest BCUT2D eigenvalue weighted by molar-refractivity contribution is 5.95. The summed E-state index contributed by atoms with van der Waals surface area (Å²) in [6.07, 6.45) is 2.26. The van der Waals surface area contributed by atoms with E-state index in [2.05, 4.69) is 0 Å². The minimum Gasteiger partial charge on any atom is -0.507 e. The summed E-state index contributed by atoms with van der Waals surface area (Å²) in [5, 5.41) is 21.3. The standard InChI is InChI=1S/C28H26O6/c1-16(2)9-14-19-21(29)15-22(30)25-26(31)24(20-7-5-6-8-23(20)33-4)27(34-28(19)25)17-10-12-18(32-3)13-11-17/h5-13,15,29-30H,14H2,1-4H3. The molecule has 0 aliphatic carbocycles. The van der Waals surface area contributed by atoms with Gasteiger partial charge in [0.1, 0.15) is 39.7 Å². The smallest absolute Gasteiger partial charge is 0.205 e. The van der Waals surface area contributed by atoms with Gasteiger partial charge in [0.25, 0.3) is 0 Å². The van der Waals surface area contributed by atoms with Crippen molar-refractivity contribution in [2.45, 2.75) is 20.3 Å². The molecule has 4 rings (SSSR count). The zero-order chi connectivity index (χ0) is 24.4. The van der Waals surface area contributed by atoms with Crippen LogP contribution in [0.15, 0.2) is 75.5 Å². The number of rotatable bonds is 6. The lowest BCUT2D eigenvalue weighted by molar-refractivity contribution is 0.415. The molecular weight excluding hydrogens is 432 g/mol. The number of benzene rings is 3. The van der Waals surface area contributed by atoms with Crippen molar-refractivity contribution in [3.8, 4) is 45.4 Å². The second kappa shape index (κ2) is 9.35. The van der Waals surface area contributed by atoms with Crippen molar-refractivity contribution in [1.29, 1.82) is 0 Å². The fourth-order valence-corrected chi connectivity index (χ4v) is 3.93. The zero-order valence-electron chi connectivity index (χ0n) is 19.5. The van der Waals surface area contributed by atoms with Crippen LogP contribution in [0.25, 0.3) is 33.4 Å². The van der Waals surface area contributed by atoms with Gasteiger partial charge in [0.05, 0.1) is 19.8 Å². The van der Waals surface area contributed by atoms with Gasteiger partial charge in [0.15, 0.2) is 0 Å². The predicted octanol–water partition coefficient (Wildman–Crippen LogP) is 6.06. The van der Waals surface area contributed by atoms with E-state index in [0.717, 1.165) is 5.57 Å². The van der Waals surface area contributed by atoms with Gasteiger partial charge in [-0.1, -0.05) is 29.8 Å². The van der Waals surface area contributed by atoms with Crippen molar-refractivity contribution in [2.24, 2.45) is 0 Å². The minimum atomic E-state index is -0.424. The largest absolute Gasteiger partial charge is 0.507 e. The van der Waals surface area contributed by atoms with E-state index in [-0.39, 0.29) is 28.0 Å². The van der Waals surface area contributed by atoms with Gasteiger partial charge in [-0.15, -0.1) is 0 Å². The molecule has 0 fully saturated rings. The van der Waals surface area contributed by atoms with Crippen molar-refractivity contribution in [3.63, 3.8) is 0 Å². The summed E-state index contributed by atoms with van der Waals surface area (Å²) in [5.41, 5.74) is 2.61. The first-order chi connectivity index (χ1) is 16.3. The van der Waals surface area contributed by atoms with E-state index in [9.17, 15) is 15.0 Å². The molecule has 6 heteroatoms. The molecule has 0 amide bonds. The maximum absolute atomic E-state index is 13.9. The monoisotopic (exact) mass is 458 g/mol. The fourth-order valence-electron chi connectivity index (χ4n) is 3.93. The van der Waals surface area contributed by atoms with Gasteiger partial charge in [0.2, 0.25) is 5.43 Å². The van der Waals surface area contributed by atoms with Crippen molar-refractivity contribution < 1.29 is 24.1 Å². The van der Waals surface area contributed by atoms with E-state index in [4.69, 9.17) is 13.9 Å². The molecule has 2 N–H and O–H groups in total. The number of allylic oxidation sites excluding steroid dienone is 2. The Hall–Kier alpha value is -4.19. The second-order valence-electron chi connectivity index (χ2n) is 8.15. The van der Waals surface area contributed by atoms with E-state index in [1.54, 1.807) is 49.6 Å². The summed E-state index contributed by atoms with van der Waals surface area (Å²) in [4.78, 5) is 13.9. The van der Waals surface area contributed by atoms with E-state index in [1.807, 2.05) is 26.0 Å². The topological polar surface area (TPSA) is 89.1 Å². The first-order valence-corrected chi connectivity index (χ1v) is 10.8. The first kappa shape index (κ1) is 23.0. The molecule has 3 aromatic carbocycles. The highest BCUT2D eigenvalue weighted by Gasteiger charge is 2.25. The Morgan fingerprint density at radius 2 is 1.68 bits per heavy atom. The van der Waals surface area contributed by atoms with Crippen LogP contribution in [0.4, 0.5) is 0 Å². The summed E-state index contributed by atoms with van der Waals surface area (Å²) in [6, 6.07) is 15.5. The molecule has 34 heavy (non-hydrogen) atoms. The predicted molar refractivity (Wildman–Crippen MR) is 133 cm³/mol. The van der Waals surface area contributed by atoms with Crippen molar-refractivity contribution in [3.05, 3.63) is 82.0 Å². The Labute approximate surface area is 197 Å². The molecule has 6 nitrogen and oxygen atoms in total. The van der Waals surface area contributed by atoms with Crippen LogP contribution in [0.1, 0.15) is 19.4 Å². The zero-order valence-corrected chi connectivity index (χ0v) is 19.5. The van der Waals surface area contributed by atoms with Crippen LogP contribution in [0.2, 0.25) is 0 Å². The van der Waals surface area contributed by atoms with Crippen LogP contribution >= 0.6 is 0 Å². The molecule has 0 saturated carbocycles. The SMILES string of the molecule is COc1ccc(-c2oc3c(CC=C(C)C)c(O)cc(O)c3c(=O)c2-c2ccccc2OC)cc1. The number of hydrogen-bond donors (Lipinski definition) is 2. The van der Waals surface area contributed by atoms with Crippen LogP contribution in [0, 0.1) is 0 Å². The Bertz CT molecular complexity index is 1440. The third-order valence-corrected chi connectivity index (χ3v) is 5.67. The molecule has 174 valence electrons. The van der Waals surface area contributed by atoms with Crippen LogP contribution in [-0.4, -0.2) is 24.4 Å². The van der Waals surface area contributed by atoms with Crippen LogP contribution in [-0.2, 0) is 6.42 Å². The highest BCUT2D eigenvalue weighted by atomic mass is 16.5. The van der Waals surface area contributed by atoms with Gasteiger partial charge in [0, 0.05) is 22.8 Å². The quantitative estimate of drug-likeness (QED) is 0.341. The lowest BCUT2D eigenvalue weighted by Crippen LogP contribution is -2.09. The average molecular weight is 459 g/mol. The number of phenolic OH excluding ortho intramolecular Hbond substituents is 2. The molecule has 4 aromatic rings. The third kappa shape index (κ3) is 4.10. The Morgan fingerprint density at radius 1 is 0.971 bits per heavy atom. The molecule has 0 unspecified atom stereocenters. The third-order valence-electron chi connectivity index (χ3n) is 5.67. The van der Waals surface area contributed by atoms with E-state index >= 15 is 0 Å². The molecule has 1 heterocycles. The van der Waals surface area contributed by atoms with Gasteiger partial charge < -0.3 is 24.1 Å². The molecule has 0 aliphatic heterocycles. The molecular formula is C28H26O6. The molecule has 0 aliphatic rings. The summed E-state index contributed by atoms with van der Waals surface area (Å²) < 4.78 is 17.2. The molecule has 0 atom stereocenters. The van der Waals surface area contributed by atoms with Gasteiger partial charge >= 0.3 is 0 Å². The number of methoxy groups -OCH3 is 2. The summed E-state index contributed by atoms with van der Waals surface area (Å²) in [6.45, 7) is 3.89. The van der Waals surface area contributed by atoms with E-state index in [0.29, 0.717) is 40.4 Å². The van der Waals surface area contributed by atoms with Gasteiger partial charge in [-0.25, -0.2) is 0 Å². The summed E-state index contributed by atoms with van der Waals surface area (Å²) in [7, 11) is 3.11. The number of ether oxygens (including phenoxy) is 2. The second-order valence-corrected chi connectivity index (χ2v) is 8.15. The molecule has 0 radical (unpaired) electrons. The van der Waals surface area contributed by atoms with Crippen molar-refractivity contribution >= 4 is 11.0 Å².